The number of carbonyl (C=O) groups is 3. The van der Waals surface area contributed by atoms with Crippen LogP contribution in [0, 0.1) is 6.92 Å². The molecular weight excluding hydrogens is 288 g/mol. The van der Waals surface area contributed by atoms with Crippen molar-refractivity contribution in [1.29, 1.82) is 0 Å². The molecule has 5 nitrogen and oxygen atoms in total. The van der Waals surface area contributed by atoms with Crippen molar-refractivity contribution in [2.45, 2.75) is 45.6 Å². The fourth-order valence-corrected chi connectivity index (χ4v) is 3.19. The van der Waals surface area contributed by atoms with Gasteiger partial charge in [-0.1, -0.05) is 19.8 Å². The van der Waals surface area contributed by atoms with E-state index in [9.17, 15) is 14.4 Å². The van der Waals surface area contributed by atoms with Crippen LogP contribution in [-0.2, 0) is 4.79 Å². The van der Waals surface area contributed by atoms with Gasteiger partial charge < -0.3 is 5.32 Å². The van der Waals surface area contributed by atoms with Crippen LogP contribution in [-0.4, -0.2) is 34.7 Å². The number of nitrogens with zero attached hydrogens (tertiary/aromatic N) is 1. The Morgan fingerprint density at radius 1 is 1.38 bits per heavy atom. The summed E-state index contributed by atoms with van der Waals surface area (Å²) in [5.41, 5.74) is -0.876. The summed E-state index contributed by atoms with van der Waals surface area (Å²) in [6, 6.07) is 3.12. The first-order valence-corrected chi connectivity index (χ1v) is 7.93. The normalized spacial score (nSPS) is 21.8. The Kier molecular flexibility index (Phi) is 4.46. The molecule has 1 aromatic heterocycles. The zero-order valence-electron chi connectivity index (χ0n) is 12.6. The lowest BCUT2D eigenvalue weighted by molar-refractivity contribution is -0.130. The molecule has 0 spiro atoms. The third-order valence-electron chi connectivity index (χ3n) is 3.69. The number of hydrogen-bond donors (Lipinski definition) is 1. The van der Waals surface area contributed by atoms with Gasteiger partial charge in [0.15, 0.2) is 5.78 Å². The molecule has 21 heavy (non-hydrogen) atoms. The van der Waals surface area contributed by atoms with Gasteiger partial charge in [0.2, 0.25) is 0 Å². The standard InChI is InChI=1S/C15H20N2O3S/c1-4-5-8-15(3)13(19)17(14(20)16-15)9-11(18)12-7-6-10(2)21-12/h6-7H,4-5,8-9H2,1-3H3,(H,16,20). The van der Waals surface area contributed by atoms with E-state index in [2.05, 4.69) is 5.32 Å². The SMILES string of the molecule is CCCCC1(C)NC(=O)N(CC(=O)c2ccc(C)s2)C1=O. The first-order chi connectivity index (χ1) is 9.87. The fraction of sp³-hybridized carbons (Fsp3) is 0.533. The van der Waals surface area contributed by atoms with E-state index >= 15 is 0 Å². The Balaban J connectivity index is 2.08. The average molecular weight is 308 g/mol. The number of imide groups is 1. The number of unbranched alkanes of at least 4 members (excludes halogenated alkanes) is 1. The number of urea groups is 1. The Hall–Kier alpha value is -1.69. The summed E-state index contributed by atoms with van der Waals surface area (Å²) in [6.45, 7) is 5.48. The minimum absolute atomic E-state index is 0.188. The second-order valence-corrected chi connectivity index (χ2v) is 6.88. The van der Waals surface area contributed by atoms with Gasteiger partial charge in [-0.15, -0.1) is 11.3 Å². The molecule has 1 saturated heterocycles. The molecule has 0 aromatic carbocycles. The predicted molar refractivity (Wildman–Crippen MR) is 81.6 cm³/mol. The third kappa shape index (κ3) is 3.15. The van der Waals surface area contributed by atoms with Crippen molar-refractivity contribution in [3.63, 3.8) is 0 Å². The van der Waals surface area contributed by atoms with Crippen LogP contribution in [0.5, 0.6) is 0 Å². The molecule has 1 aliphatic rings. The van der Waals surface area contributed by atoms with Crippen LogP contribution in [0.3, 0.4) is 0 Å². The first kappa shape index (κ1) is 15.7. The van der Waals surface area contributed by atoms with E-state index in [-0.39, 0.29) is 18.2 Å². The van der Waals surface area contributed by atoms with Crippen molar-refractivity contribution in [2.75, 3.05) is 6.54 Å². The van der Waals surface area contributed by atoms with Gasteiger partial charge in [-0.25, -0.2) is 4.79 Å². The molecule has 0 aliphatic carbocycles. The molecule has 2 rings (SSSR count). The lowest BCUT2D eigenvalue weighted by Gasteiger charge is -2.21. The van der Waals surface area contributed by atoms with Crippen LogP contribution < -0.4 is 5.32 Å². The maximum Gasteiger partial charge on any atom is 0.325 e. The summed E-state index contributed by atoms with van der Waals surface area (Å²) in [7, 11) is 0. The Bertz CT molecular complexity index is 581. The number of rotatable bonds is 6. The van der Waals surface area contributed by atoms with Gasteiger partial charge in [0.1, 0.15) is 5.54 Å². The number of thiophene rings is 1. The van der Waals surface area contributed by atoms with E-state index in [1.54, 1.807) is 13.0 Å². The minimum Gasteiger partial charge on any atom is -0.323 e. The van der Waals surface area contributed by atoms with Gasteiger partial charge >= 0.3 is 6.03 Å². The number of hydrogen-bond acceptors (Lipinski definition) is 4. The predicted octanol–water partition coefficient (Wildman–Crippen LogP) is 2.74. The zero-order valence-corrected chi connectivity index (χ0v) is 13.4. The fourth-order valence-electron chi connectivity index (χ4n) is 2.40. The third-order valence-corrected chi connectivity index (χ3v) is 4.73. The molecule has 1 aliphatic heterocycles. The van der Waals surface area contributed by atoms with E-state index in [4.69, 9.17) is 0 Å². The Labute approximate surface area is 128 Å². The first-order valence-electron chi connectivity index (χ1n) is 7.11. The van der Waals surface area contributed by atoms with Crippen molar-refractivity contribution < 1.29 is 14.4 Å². The smallest absolute Gasteiger partial charge is 0.323 e. The van der Waals surface area contributed by atoms with E-state index < -0.39 is 11.6 Å². The van der Waals surface area contributed by atoms with Crippen molar-refractivity contribution in [1.82, 2.24) is 10.2 Å². The van der Waals surface area contributed by atoms with Gasteiger partial charge in [-0.2, -0.15) is 0 Å². The summed E-state index contributed by atoms with van der Waals surface area (Å²) in [6.07, 6.45) is 2.40. The molecule has 0 saturated carbocycles. The van der Waals surface area contributed by atoms with Gasteiger partial charge in [0.25, 0.3) is 5.91 Å². The molecule has 0 bridgehead atoms. The monoisotopic (exact) mass is 308 g/mol. The molecule has 1 unspecified atom stereocenters. The second-order valence-electron chi connectivity index (χ2n) is 5.59. The highest BCUT2D eigenvalue weighted by molar-refractivity contribution is 7.14. The van der Waals surface area contributed by atoms with E-state index in [1.165, 1.54) is 11.3 Å². The van der Waals surface area contributed by atoms with E-state index in [0.29, 0.717) is 11.3 Å². The van der Waals surface area contributed by atoms with Crippen LogP contribution in [0.15, 0.2) is 12.1 Å². The number of amides is 3. The lowest BCUT2D eigenvalue weighted by atomic mass is 9.95. The molecule has 0 radical (unpaired) electrons. The summed E-state index contributed by atoms with van der Waals surface area (Å²) in [4.78, 5) is 39.2. The van der Waals surface area contributed by atoms with Crippen LogP contribution in [0.2, 0.25) is 0 Å². The highest BCUT2D eigenvalue weighted by Crippen LogP contribution is 2.24. The van der Waals surface area contributed by atoms with Crippen LogP contribution >= 0.6 is 11.3 Å². The van der Waals surface area contributed by atoms with E-state index in [1.807, 2.05) is 19.9 Å². The van der Waals surface area contributed by atoms with Crippen LogP contribution in [0.1, 0.15) is 47.7 Å². The molecule has 114 valence electrons. The van der Waals surface area contributed by atoms with Crippen molar-refractivity contribution >= 4 is 29.1 Å². The van der Waals surface area contributed by atoms with Crippen LogP contribution in [0.4, 0.5) is 4.79 Å². The van der Waals surface area contributed by atoms with Gasteiger partial charge in [0, 0.05) is 4.88 Å². The highest BCUT2D eigenvalue weighted by atomic mass is 32.1. The number of Topliss-reactive ketones (excluding diaryl/α,β-unsaturated/α-hetero) is 1. The van der Waals surface area contributed by atoms with Crippen molar-refractivity contribution in [3.8, 4) is 0 Å². The molecule has 6 heteroatoms. The summed E-state index contributed by atoms with van der Waals surface area (Å²) >= 11 is 1.38. The summed E-state index contributed by atoms with van der Waals surface area (Å²) in [5.74, 6) is -0.501. The Morgan fingerprint density at radius 2 is 2.10 bits per heavy atom. The Morgan fingerprint density at radius 3 is 2.67 bits per heavy atom. The van der Waals surface area contributed by atoms with Gasteiger partial charge in [-0.05, 0) is 32.4 Å². The number of nitrogens with one attached hydrogen (secondary N) is 1. The minimum atomic E-state index is -0.876. The molecule has 1 aromatic rings. The van der Waals surface area contributed by atoms with Crippen LogP contribution in [0.25, 0.3) is 0 Å². The van der Waals surface area contributed by atoms with Gasteiger partial charge in [0.05, 0.1) is 11.4 Å². The lowest BCUT2D eigenvalue weighted by Crippen LogP contribution is -2.44. The van der Waals surface area contributed by atoms with Gasteiger partial charge in [-0.3, -0.25) is 14.5 Å². The highest BCUT2D eigenvalue weighted by Gasteiger charge is 2.47. The van der Waals surface area contributed by atoms with E-state index in [0.717, 1.165) is 22.6 Å². The molecule has 3 amide bonds. The maximum absolute atomic E-state index is 12.4. The van der Waals surface area contributed by atoms with Crippen molar-refractivity contribution in [2.24, 2.45) is 0 Å². The average Bonchev–Trinajstić information content (AvgIpc) is 2.95. The molecule has 1 N–H and O–H groups in total. The molecular formula is C15H20N2O3S. The number of aryl methyl sites for hydroxylation is 1. The maximum atomic E-state index is 12.4. The number of ketones is 1. The second kappa shape index (κ2) is 5.97. The largest absolute Gasteiger partial charge is 0.325 e. The topological polar surface area (TPSA) is 66.5 Å². The summed E-state index contributed by atoms with van der Waals surface area (Å²) in [5, 5.41) is 2.72. The number of carbonyl (C=O) groups excluding carboxylic acids is 3. The molecule has 2 heterocycles. The summed E-state index contributed by atoms with van der Waals surface area (Å²) < 4.78 is 0. The van der Waals surface area contributed by atoms with Crippen molar-refractivity contribution in [3.05, 3.63) is 21.9 Å². The zero-order chi connectivity index (χ0) is 15.6. The molecule has 1 fully saturated rings. The quantitative estimate of drug-likeness (QED) is 0.649. The molecule has 1 atom stereocenters.